The van der Waals surface area contributed by atoms with Gasteiger partial charge in [0, 0.05) is 12.1 Å². The second kappa shape index (κ2) is 6.68. The normalized spacial score (nSPS) is 12.1. The molecule has 0 aliphatic carbocycles. The zero-order valence-electron chi connectivity index (χ0n) is 11.8. The van der Waals surface area contributed by atoms with Crippen LogP contribution >= 0.6 is 15.9 Å². The van der Waals surface area contributed by atoms with E-state index >= 15 is 0 Å². The van der Waals surface area contributed by atoms with Gasteiger partial charge in [-0.15, -0.1) is 0 Å². The zero-order chi connectivity index (χ0) is 13.8. The van der Waals surface area contributed by atoms with Crippen LogP contribution in [0.4, 0.5) is 0 Å². The number of nitrogens with zero attached hydrogens (tertiary/aromatic N) is 2. The van der Waals surface area contributed by atoms with E-state index in [1.807, 2.05) is 11.6 Å². The molecular formula is C13H24BrN3O. The van der Waals surface area contributed by atoms with Gasteiger partial charge in [0.15, 0.2) is 0 Å². The van der Waals surface area contributed by atoms with Crippen molar-refractivity contribution in [1.82, 2.24) is 9.78 Å². The Morgan fingerprint density at radius 2 is 1.94 bits per heavy atom. The average molecular weight is 318 g/mol. The highest BCUT2D eigenvalue weighted by atomic mass is 79.9. The molecular weight excluding hydrogens is 294 g/mol. The van der Waals surface area contributed by atoms with Crippen molar-refractivity contribution in [2.75, 3.05) is 6.61 Å². The Balaban J connectivity index is 2.64. The highest BCUT2D eigenvalue weighted by Gasteiger charge is 2.21. The summed E-state index contributed by atoms with van der Waals surface area (Å²) in [6.07, 6.45) is 1.85. The first-order valence-corrected chi connectivity index (χ1v) is 7.35. The van der Waals surface area contributed by atoms with E-state index in [0.717, 1.165) is 35.2 Å². The second-order valence-electron chi connectivity index (χ2n) is 4.72. The third-order valence-corrected chi connectivity index (χ3v) is 4.52. The Morgan fingerprint density at radius 3 is 2.44 bits per heavy atom. The Kier molecular flexibility index (Phi) is 5.82. The molecule has 0 spiro atoms. The average Bonchev–Trinajstić information content (AvgIpc) is 2.66. The highest BCUT2D eigenvalue weighted by molar-refractivity contribution is 9.10. The van der Waals surface area contributed by atoms with Crippen LogP contribution in [0, 0.1) is 6.92 Å². The lowest BCUT2D eigenvalue weighted by atomic mass is 9.96. The molecule has 18 heavy (non-hydrogen) atoms. The van der Waals surface area contributed by atoms with E-state index in [1.54, 1.807) is 0 Å². The summed E-state index contributed by atoms with van der Waals surface area (Å²) >= 11 is 3.56. The quantitative estimate of drug-likeness (QED) is 0.841. The second-order valence-corrected chi connectivity index (χ2v) is 5.52. The van der Waals surface area contributed by atoms with E-state index in [0.29, 0.717) is 13.2 Å². The fourth-order valence-corrected chi connectivity index (χ4v) is 2.21. The Labute approximate surface area is 118 Å². The molecule has 5 heteroatoms. The molecule has 0 saturated heterocycles. The van der Waals surface area contributed by atoms with Crippen LogP contribution in [0.5, 0.6) is 0 Å². The smallest absolute Gasteiger partial charge is 0.0897 e. The van der Waals surface area contributed by atoms with Gasteiger partial charge in [0.25, 0.3) is 0 Å². The van der Waals surface area contributed by atoms with Gasteiger partial charge in [0.1, 0.15) is 0 Å². The third-order valence-electron chi connectivity index (χ3n) is 3.49. The molecule has 4 nitrogen and oxygen atoms in total. The van der Waals surface area contributed by atoms with Crippen LogP contribution in [0.2, 0.25) is 0 Å². The predicted molar refractivity (Wildman–Crippen MR) is 77.5 cm³/mol. The van der Waals surface area contributed by atoms with Crippen molar-refractivity contribution in [3.63, 3.8) is 0 Å². The number of rotatable bonds is 7. The minimum Gasteiger partial charge on any atom is -0.373 e. The van der Waals surface area contributed by atoms with Crippen molar-refractivity contribution >= 4 is 15.9 Å². The molecule has 0 radical (unpaired) electrons. The molecule has 0 aromatic carbocycles. The van der Waals surface area contributed by atoms with Crippen molar-refractivity contribution < 1.29 is 4.74 Å². The Morgan fingerprint density at radius 1 is 1.33 bits per heavy atom. The monoisotopic (exact) mass is 317 g/mol. The zero-order valence-corrected chi connectivity index (χ0v) is 13.4. The fourth-order valence-electron chi connectivity index (χ4n) is 1.81. The molecule has 0 atom stereocenters. The lowest BCUT2D eigenvalue weighted by Crippen LogP contribution is -2.43. The molecule has 1 heterocycles. The first kappa shape index (κ1) is 15.7. The van der Waals surface area contributed by atoms with Crippen molar-refractivity contribution in [2.24, 2.45) is 5.73 Å². The first-order chi connectivity index (χ1) is 8.47. The van der Waals surface area contributed by atoms with Gasteiger partial charge in [0.05, 0.1) is 29.1 Å². The Hall–Kier alpha value is -0.390. The van der Waals surface area contributed by atoms with E-state index in [2.05, 4.69) is 41.8 Å². The van der Waals surface area contributed by atoms with Gasteiger partial charge >= 0.3 is 0 Å². The first-order valence-electron chi connectivity index (χ1n) is 6.55. The van der Waals surface area contributed by atoms with E-state index < -0.39 is 0 Å². The summed E-state index contributed by atoms with van der Waals surface area (Å²) in [5.74, 6) is 0. The number of aromatic nitrogens is 2. The molecule has 1 rings (SSSR count). The summed E-state index contributed by atoms with van der Waals surface area (Å²) < 4.78 is 8.80. The summed E-state index contributed by atoms with van der Waals surface area (Å²) in [6, 6.07) is 0. The van der Waals surface area contributed by atoms with Gasteiger partial charge in [-0.05, 0) is 42.6 Å². The van der Waals surface area contributed by atoms with Crippen molar-refractivity contribution in [2.45, 2.75) is 59.2 Å². The maximum absolute atomic E-state index is 6.22. The largest absolute Gasteiger partial charge is 0.373 e. The van der Waals surface area contributed by atoms with E-state index in [4.69, 9.17) is 10.5 Å². The van der Waals surface area contributed by atoms with Crippen LogP contribution in [0.3, 0.4) is 0 Å². The molecule has 0 saturated carbocycles. The molecule has 0 aliphatic heterocycles. The Bertz CT molecular complexity index is 386. The van der Waals surface area contributed by atoms with Crippen molar-refractivity contribution in [3.05, 3.63) is 15.9 Å². The van der Waals surface area contributed by atoms with Gasteiger partial charge in [0.2, 0.25) is 0 Å². The number of hydrogen-bond acceptors (Lipinski definition) is 3. The number of aryl methyl sites for hydroxylation is 2. The highest BCUT2D eigenvalue weighted by Crippen LogP contribution is 2.22. The van der Waals surface area contributed by atoms with Crippen LogP contribution < -0.4 is 5.73 Å². The topological polar surface area (TPSA) is 53.1 Å². The molecule has 0 fully saturated rings. The molecule has 1 aromatic heterocycles. The summed E-state index contributed by atoms with van der Waals surface area (Å²) in [5.41, 5.74) is 8.09. The number of halogens is 1. The molecule has 2 N–H and O–H groups in total. The minimum atomic E-state index is -0.210. The van der Waals surface area contributed by atoms with Gasteiger partial charge in [-0.2, -0.15) is 5.10 Å². The van der Waals surface area contributed by atoms with Crippen LogP contribution in [0.25, 0.3) is 0 Å². The van der Waals surface area contributed by atoms with E-state index in [9.17, 15) is 0 Å². The van der Waals surface area contributed by atoms with Crippen LogP contribution in [0.1, 0.15) is 45.0 Å². The van der Waals surface area contributed by atoms with Crippen LogP contribution in [-0.2, 0) is 17.9 Å². The van der Waals surface area contributed by atoms with Gasteiger partial charge < -0.3 is 10.5 Å². The molecule has 104 valence electrons. The summed E-state index contributed by atoms with van der Waals surface area (Å²) in [7, 11) is 0. The number of nitrogens with two attached hydrogens (primary N) is 1. The minimum absolute atomic E-state index is 0.210. The SMILES string of the molecule is CCn1nc(C)c(Br)c1COCC(N)(CC)CC. The fraction of sp³-hybridized carbons (Fsp3) is 0.769. The number of ether oxygens (including phenoxy) is 1. The van der Waals surface area contributed by atoms with Crippen LogP contribution in [0.15, 0.2) is 4.47 Å². The lowest BCUT2D eigenvalue weighted by Gasteiger charge is -2.26. The third kappa shape index (κ3) is 3.56. The van der Waals surface area contributed by atoms with Gasteiger partial charge in [-0.3, -0.25) is 4.68 Å². The van der Waals surface area contributed by atoms with E-state index in [1.165, 1.54) is 0 Å². The maximum atomic E-state index is 6.22. The summed E-state index contributed by atoms with van der Waals surface area (Å²) in [5, 5.41) is 4.44. The van der Waals surface area contributed by atoms with E-state index in [-0.39, 0.29) is 5.54 Å². The predicted octanol–water partition coefficient (Wildman–Crippen LogP) is 3.01. The summed E-state index contributed by atoms with van der Waals surface area (Å²) in [4.78, 5) is 0. The molecule has 1 aromatic rings. The van der Waals surface area contributed by atoms with Gasteiger partial charge in [-0.1, -0.05) is 13.8 Å². The summed E-state index contributed by atoms with van der Waals surface area (Å²) in [6.45, 7) is 10.3. The maximum Gasteiger partial charge on any atom is 0.0897 e. The number of hydrogen-bond donors (Lipinski definition) is 1. The lowest BCUT2D eigenvalue weighted by molar-refractivity contribution is 0.0653. The molecule has 0 aliphatic rings. The molecule has 0 bridgehead atoms. The van der Waals surface area contributed by atoms with Crippen LogP contribution in [-0.4, -0.2) is 21.9 Å². The van der Waals surface area contributed by atoms with Gasteiger partial charge in [-0.25, -0.2) is 0 Å². The standard InChI is InChI=1S/C13H24BrN3O/c1-5-13(15,6-2)9-18-8-11-12(14)10(4)16-17(11)7-3/h5-9,15H2,1-4H3. The van der Waals surface area contributed by atoms with Crippen molar-refractivity contribution in [1.29, 1.82) is 0 Å². The molecule has 0 amide bonds. The van der Waals surface area contributed by atoms with Crippen molar-refractivity contribution in [3.8, 4) is 0 Å². The molecule has 0 unspecified atom stereocenters.